The molecule has 2 amide bonds. The average Bonchev–Trinajstić information content (AvgIpc) is 2.39. The first-order valence-electron chi connectivity index (χ1n) is 5.71. The van der Waals surface area contributed by atoms with Crippen molar-refractivity contribution < 1.29 is 4.79 Å². The van der Waals surface area contributed by atoms with Crippen LogP contribution >= 0.6 is 34.8 Å². The molecule has 0 fully saturated rings. The fraction of sp³-hybridized carbons (Fsp3) is 0. The van der Waals surface area contributed by atoms with E-state index in [1.807, 2.05) is 6.07 Å². The summed E-state index contributed by atoms with van der Waals surface area (Å²) in [6.07, 6.45) is 0. The first-order valence-corrected chi connectivity index (χ1v) is 6.85. The van der Waals surface area contributed by atoms with Crippen LogP contribution in [0.4, 0.5) is 16.2 Å². The van der Waals surface area contributed by atoms with Crippen LogP contribution in [0.1, 0.15) is 5.56 Å². The Morgan fingerprint density at radius 3 is 2.24 bits per heavy atom. The first kappa shape index (κ1) is 15.5. The fourth-order valence-corrected chi connectivity index (χ4v) is 2.35. The number of rotatable bonds is 2. The minimum absolute atomic E-state index is 0.272. The van der Waals surface area contributed by atoms with Crippen LogP contribution in [-0.2, 0) is 0 Å². The zero-order chi connectivity index (χ0) is 15.4. The van der Waals surface area contributed by atoms with E-state index in [0.717, 1.165) is 0 Å². The van der Waals surface area contributed by atoms with Gasteiger partial charge >= 0.3 is 6.03 Å². The van der Waals surface area contributed by atoms with Crippen LogP contribution in [0, 0.1) is 11.3 Å². The fourth-order valence-electron chi connectivity index (χ4n) is 1.60. The van der Waals surface area contributed by atoms with Gasteiger partial charge in [0.2, 0.25) is 0 Å². The molecule has 0 aliphatic rings. The molecule has 0 radical (unpaired) electrons. The van der Waals surface area contributed by atoms with E-state index in [1.54, 1.807) is 30.3 Å². The SMILES string of the molecule is N#Cc1ccc(NC(=O)Nc2cc(Cl)cc(Cl)c2)c(Cl)c1. The van der Waals surface area contributed by atoms with Gasteiger partial charge in [0.05, 0.1) is 22.3 Å². The van der Waals surface area contributed by atoms with Crippen LogP contribution in [0.25, 0.3) is 0 Å². The summed E-state index contributed by atoms with van der Waals surface area (Å²) >= 11 is 17.7. The Morgan fingerprint density at radius 2 is 1.67 bits per heavy atom. The maximum Gasteiger partial charge on any atom is 0.323 e. The molecule has 7 heteroatoms. The third kappa shape index (κ3) is 4.27. The standard InChI is InChI=1S/C14H8Cl3N3O/c15-9-4-10(16)6-11(5-9)19-14(21)20-13-2-1-8(7-18)3-12(13)17/h1-6H,(H2,19,20,21). The second kappa shape index (κ2) is 6.68. The van der Waals surface area contributed by atoms with Crippen LogP contribution in [-0.4, -0.2) is 6.03 Å². The maximum absolute atomic E-state index is 11.9. The third-order valence-corrected chi connectivity index (χ3v) is 3.22. The van der Waals surface area contributed by atoms with Crippen LogP contribution in [0.15, 0.2) is 36.4 Å². The van der Waals surface area contributed by atoms with E-state index in [0.29, 0.717) is 27.0 Å². The van der Waals surface area contributed by atoms with Crippen LogP contribution < -0.4 is 10.6 Å². The number of amides is 2. The highest BCUT2D eigenvalue weighted by atomic mass is 35.5. The molecule has 0 atom stereocenters. The number of nitrogens with zero attached hydrogens (tertiary/aromatic N) is 1. The summed E-state index contributed by atoms with van der Waals surface area (Å²) in [4.78, 5) is 11.9. The molecule has 0 aliphatic carbocycles. The molecule has 0 saturated heterocycles. The Kier molecular flexibility index (Phi) is 4.92. The molecule has 106 valence electrons. The molecule has 0 bridgehead atoms. The molecule has 2 aromatic carbocycles. The van der Waals surface area contributed by atoms with E-state index in [1.165, 1.54) is 6.07 Å². The van der Waals surface area contributed by atoms with Gasteiger partial charge in [0, 0.05) is 15.7 Å². The normalized spacial score (nSPS) is 9.81. The van der Waals surface area contributed by atoms with Gasteiger partial charge in [0.15, 0.2) is 0 Å². The number of carbonyl (C=O) groups excluding carboxylic acids is 1. The van der Waals surface area contributed by atoms with Crippen molar-refractivity contribution in [2.45, 2.75) is 0 Å². The van der Waals surface area contributed by atoms with Crippen molar-refractivity contribution >= 4 is 52.2 Å². The van der Waals surface area contributed by atoms with Gasteiger partial charge in [-0.05, 0) is 36.4 Å². The van der Waals surface area contributed by atoms with Gasteiger partial charge < -0.3 is 10.6 Å². The molecule has 4 nitrogen and oxygen atoms in total. The lowest BCUT2D eigenvalue weighted by molar-refractivity contribution is 0.262. The van der Waals surface area contributed by atoms with E-state index in [-0.39, 0.29) is 5.02 Å². The van der Waals surface area contributed by atoms with Gasteiger partial charge in [0.25, 0.3) is 0 Å². The number of carbonyl (C=O) groups is 1. The van der Waals surface area contributed by atoms with Crippen molar-refractivity contribution in [3.8, 4) is 6.07 Å². The van der Waals surface area contributed by atoms with E-state index in [4.69, 9.17) is 40.1 Å². The number of halogens is 3. The minimum Gasteiger partial charge on any atom is -0.308 e. The van der Waals surface area contributed by atoms with Crippen LogP contribution in [0.3, 0.4) is 0 Å². The Labute approximate surface area is 136 Å². The molecule has 0 aliphatic heterocycles. The molecule has 2 N–H and O–H groups in total. The Bertz CT molecular complexity index is 720. The quantitative estimate of drug-likeness (QED) is 0.792. The van der Waals surface area contributed by atoms with Crippen molar-refractivity contribution in [1.82, 2.24) is 0 Å². The summed E-state index contributed by atoms with van der Waals surface area (Å²) in [6, 6.07) is 10.7. The Morgan fingerprint density at radius 1 is 1.00 bits per heavy atom. The predicted octanol–water partition coefficient (Wildman–Crippen LogP) is 5.16. The van der Waals surface area contributed by atoms with Crippen molar-refractivity contribution in [3.63, 3.8) is 0 Å². The van der Waals surface area contributed by atoms with Gasteiger partial charge in [-0.3, -0.25) is 0 Å². The number of nitriles is 1. The third-order valence-electron chi connectivity index (χ3n) is 2.47. The van der Waals surface area contributed by atoms with E-state index in [2.05, 4.69) is 10.6 Å². The predicted molar refractivity (Wildman–Crippen MR) is 85.3 cm³/mol. The van der Waals surface area contributed by atoms with Crippen molar-refractivity contribution in [2.24, 2.45) is 0 Å². The molecular formula is C14H8Cl3N3O. The highest BCUT2D eigenvalue weighted by Gasteiger charge is 2.08. The zero-order valence-corrected chi connectivity index (χ0v) is 12.7. The number of benzene rings is 2. The van der Waals surface area contributed by atoms with Gasteiger partial charge in [-0.2, -0.15) is 5.26 Å². The number of hydrogen-bond donors (Lipinski definition) is 2. The zero-order valence-electron chi connectivity index (χ0n) is 10.5. The molecule has 0 unspecified atom stereocenters. The highest BCUT2D eigenvalue weighted by Crippen LogP contribution is 2.24. The van der Waals surface area contributed by atoms with Crippen LogP contribution in [0.2, 0.25) is 15.1 Å². The van der Waals surface area contributed by atoms with Gasteiger partial charge in [0.1, 0.15) is 0 Å². The summed E-state index contributed by atoms with van der Waals surface area (Å²) in [6.45, 7) is 0. The molecule has 0 spiro atoms. The summed E-state index contributed by atoms with van der Waals surface area (Å²) in [7, 11) is 0. The number of hydrogen-bond acceptors (Lipinski definition) is 2. The summed E-state index contributed by atoms with van der Waals surface area (Å²) in [5, 5.41) is 15.0. The largest absolute Gasteiger partial charge is 0.323 e. The summed E-state index contributed by atoms with van der Waals surface area (Å²) < 4.78 is 0. The lowest BCUT2D eigenvalue weighted by Crippen LogP contribution is -2.19. The minimum atomic E-state index is -0.500. The average molecular weight is 341 g/mol. The highest BCUT2D eigenvalue weighted by molar-refractivity contribution is 6.35. The Hall–Kier alpha value is -1.93. The summed E-state index contributed by atoms with van der Waals surface area (Å²) in [5.74, 6) is 0. The molecule has 21 heavy (non-hydrogen) atoms. The number of nitrogens with one attached hydrogen (secondary N) is 2. The molecule has 0 aromatic heterocycles. The lowest BCUT2D eigenvalue weighted by Gasteiger charge is -2.09. The lowest BCUT2D eigenvalue weighted by atomic mass is 10.2. The van der Waals surface area contributed by atoms with E-state index >= 15 is 0 Å². The molecule has 2 aromatic rings. The van der Waals surface area contributed by atoms with E-state index in [9.17, 15) is 4.79 Å². The van der Waals surface area contributed by atoms with Gasteiger partial charge in [-0.25, -0.2) is 4.79 Å². The number of anilines is 2. The first-order chi connectivity index (χ1) is 9.97. The monoisotopic (exact) mass is 339 g/mol. The summed E-state index contributed by atoms with van der Waals surface area (Å²) in [5.41, 5.74) is 1.25. The second-order valence-corrected chi connectivity index (χ2v) is 5.32. The van der Waals surface area contributed by atoms with Crippen molar-refractivity contribution in [3.05, 3.63) is 57.0 Å². The van der Waals surface area contributed by atoms with Crippen molar-refractivity contribution in [2.75, 3.05) is 10.6 Å². The van der Waals surface area contributed by atoms with Gasteiger partial charge in [-0.1, -0.05) is 34.8 Å². The van der Waals surface area contributed by atoms with E-state index < -0.39 is 6.03 Å². The molecular weight excluding hydrogens is 333 g/mol. The topological polar surface area (TPSA) is 64.9 Å². The van der Waals surface area contributed by atoms with Crippen molar-refractivity contribution in [1.29, 1.82) is 5.26 Å². The van der Waals surface area contributed by atoms with Crippen LogP contribution in [0.5, 0.6) is 0 Å². The number of urea groups is 1. The molecule has 0 heterocycles. The van der Waals surface area contributed by atoms with Gasteiger partial charge in [-0.15, -0.1) is 0 Å². The maximum atomic E-state index is 11.9. The second-order valence-electron chi connectivity index (χ2n) is 4.04. The molecule has 2 rings (SSSR count). The Balaban J connectivity index is 2.10. The molecule has 0 saturated carbocycles. The smallest absolute Gasteiger partial charge is 0.308 e.